The second kappa shape index (κ2) is 4.62. The Kier molecular flexibility index (Phi) is 3.01. The fourth-order valence-electron chi connectivity index (χ4n) is 1.46. The first-order valence-corrected chi connectivity index (χ1v) is 4.84. The van der Waals surface area contributed by atoms with Crippen molar-refractivity contribution in [2.75, 3.05) is 5.32 Å². The van der Waals surface area contributed by atoms with Crippen LogP contribution in [-0.2, 0) is 0 Å². The van der Waals surface area contributed by atoms with E-state index in [-0.39, 0.29) is 0 Å². The summed E-state index contributed by atoms with van der Waals surface area (Å²) in [6, 6.07) is 13.1. The number of amides is 1. The fraction of sp³-hybridized carbons (Fsp3) is 0. The van der Waals surface area contributed by atoms with E-state index in [0.717, 1.165) is 5.56 Å². The minimum Gasteiger partial charge on any atom is -0.334 e. The average molecular weight is 208 g/mol. The summed E-state index contributed by atoms with van der Waals surface area (Å²) >= 11 is 0. The van der Waals surface area contributed by atoms with Crippen molar-refractivity contribution in [3.05, 3.63) is 48.7 Å². The van der Waals surface area contributed by atoms with Crippen LogP contribution < -0.4 is 5.32 Å². The van der Waals surface area contributed by atoms with Crippen molar-refractivity contribution in [3.63, 3.8) is 0 Å². The number of benzene rings is 1. The number of aromatic nitrogens is 1. The van der Waals surface area contributed by atoms with Gasteiger partial charge in [-0.1, -0.05) is 30.3 Å². The van der Waals surface area contributed by atoms with Crippen molar-refractivity contribution in [1.82, 2.24) is 4.98 Å². The summed E-state index contributed by atoms with van der Waals surface area (Å²) in [5.41, 5.74) is 2.26. The molecule has 1 aromatic carbocycles. The van der Waals surface area contributed by atoms with Crippen LogP contribution in [0.2, 0.25) is 0 Å². The molecule has 3 nitrogen and oxygen atoms in total. The van der Waals surface area contributed by atoms with Gasteiger partial charge in [-0.05, 0) is 12.1 Å². The van der Waals surface area contributed by atoms with E-state index in [4.69, 9.17) is 7.85 Å². The molecule has 2 rings (SSSR count). The van der Waals surface area contributed by atoms with Crippen LogP contribution in [0.1, 0.15) is 0 Å². The molecule has 0 aliphatic carbocycles. The summed E-state index contributed by atoms with van der Waals surface area (Å²) in [4.78, 5) is 15.1. The van der Waals surface area contributed by atoms with Gasteiger partial charge in [-0.2, -0.15) is 0 Å². The van der Waals surface area contributed by atoms with E-state index in [9.17, 15) is 4.79 Å². The van der Waals surface area contributed by atoms with Crippen LogP contribution in [0.4, 0.5) is 10.5 Å². The molecule has 0 saturated carbocycles. The molecule has 0 bridgehead atoms. The molecule has 0 saturated heterocycles. The zero-order valence-electron chi connectivity index (χ0n) is 8.55. The monoisotopic (exact) mass is 208 g/mol. The molecule has 0 unspecified atom stereocenters. The van der Waals surface area contributed by atoms with Gasteiger partial charge in [0.25, 0.3) is 0 Å². The smallest absolute Gasteiger partial charge is 0.201 e. The zero-order valence-corrected chi connectivity index (χ0v) is 8.55. The Morgan fingerprint density at radius 1 is 1.12 bits per heavy atom. The summed E-state index contributed by atoms with van der Waals surface area (Å²) in [5, 5.41) is 2.55. The van der Waals surface area contributed by atoms with Gasteiger partial charge in [0, 0.05) is 11.8 Å². The number of anilines is 1. The van der Waals surface area contributed by atoms with Gasteiger partial charge in [0.15, 0.2) is 5.81 Å². The van der Waals surface area contributed by atoms with Gasteiger partial charge in [-0.25, -0.2) is 0 Å². The number of nitrogens with one attached hydrogen (secondary N) is 1. The second-order valence-electron chi connectivity index (χ2n) is 3.25. The van der Waals surface area contributed by atoms with E-state index < -0.39 is 5.81 Å². The summed E-state index contributed by atoms with van der Waals surface area (Å²) < 4.78 is 0. The van der Waals surface area contributed by atoms with E-state index in [2.05, 4.69) is 10.3 Å². The number of hydrogen-bond donors (Lipinski definition) is 1. The van der Waals surface area contributed by atoms with E-state index in [1.165, 1.54) is 0 Å². The molecule has 0 aliphatic rings. The summed E-state index contributed by atoms with van der Waals surface area (Å²) in [7, 11) is 5.09. The van der Waals surface area contributed by atoms with Gasteiger partial charge in [-0.3, -0.25) is 9.78 Å². The lowest BCUT2D eigenvalue weighted by Gasteiger charge is -2.08. The highest BCUT2D eigenvalue weighted by Gasteiger charge is 2.05. The molecule has 0 aliphatic heterocycles. The molecule has 16 heavy (non-hydrogen) atoms. The lowest BCUT2D eigenvalue weighted by molar-refractivity contribution is 0.269. The standard InChI is InChI=1S/C12H9BN2O/c13-12(16)15-10-7-4-8-14-11(10)9-5-2-1-3-6-9/h1-8H,(H,15,16). The van der Waals surface area contributed by atoms with Crippen molar-refractivity contribution in [1.29, 1.82) is 0 Å². The van der Waals surface area contributed by atoms with Crippen LogP contribution >= 0.6 is 0 Å². The third-order valence-corrected chi connectivity index (χ3v) is 2.11. The molecule has 0 spiro atoms. The van der Waals surface area contributed by atoms with Crippen LogP contribution in [0, 0.1) is 0 Å². The van der Waals surface area contributed by atoms with Gasteiger partial charge in [0.2, 0.25) is 7.85 Å². The molecule has 2 radical (unpaired) electrons. The second-order valence-corrected chi connectivity index (χ2v) is 3.25. The molecule has 76 valence electrons. The highest BCUT2D eigenvalue weighted by molar-refractivity contribution is 6.60. The Labute approximate surface area is 94.9 Å². The predicted octanol–water partition coefficient (Wildman–Crippen LogP) is 2.45. The lowest BCUT2D eigenvalue weighted by Crippen LogP contribution is -2.09. The van der Waals surface area contributed by atoms with Gasteiger partial charge >= 0.3 is 0 Å². The number of pyridine rings is 1. The molecule has 1 N–H and O–H groups in total. The maximum absolute atomic E-state index is 10.8. The molecule has 4 heteroatoms. The van der Waals surface area contributed by atoms with Crippen LogP contribution in [0.5, 0.6) is 0 Å². The lowest BCUT2D eigenvalue weighted by atomic mass is 10.1. The number of carbonyl (C=O) groups excluding carboxylic acids is 1. The molecule has 0 fully saturated rings. The first-order chi connectivity index (χ1) is 7.77. The van der Waals surface area contributed by atoms with Crippen LogP contribution in [0.25, 0.3) is 11.3 Å². The van der Waals surface area contributed by atoms with Gasteiger partial charge < -0.3 is 5.32 Å². The topological polar surface area (TPSA) is 42.0 Å². The Balaban J connectivity index is 2.44. The van der Waals surface area contributed by atoms with E-state index in [0.29, 0.717) is 11.4 Å². The Bertz CT molecular complexity index is 499. The van der Waals surface area contributed by atoms with E-state index in [1.807, 2.05) is 30.3 Å². The maximum Gasteiger partial charge on any atom is 0.201 e. The highest BCUT2D eigenvalue weighted by Crippen LogP contribution is 2.24. The largest absolute Gasteiger partial charge is 0.334 e. The molecular weight excluding hydrogens is 199 g/mol. The maximum atomic E-state index is 10.8. The third-order valence-electron chi connectivity index (χ3n) is 2.11. The first kappa shape index (κ1) is 10.4. The van der Waals surface area contributed by atoms with E-state index >= 15 is 0 Å². The number of carbonyl (C=O) groups is 1. The SMILES string of the molecule is [B]C(=O)Nc1cccnc1-c1ccccc1. The Morgan fingerprint density at radius 2 is 1.88 bits per heavy atom. The average Bonchev–Trinajstić information content (AvgIpc) is 2.30. The van der Waals surface area contributed by atoms with Gasteiger partial charge in [0.1, 0.15) is 0 Å². The normalized spacial score (nSPS) is 9.75. The summed E-state index contributed by atoms with van der Waals surface area (Å²) in [6.07, 6.45) is 1.68. The highest BCUT2D eigenvalue weighted by atomic mass is 16.1. The first-order valence-electron chi connectivity index (χ1n) is 4.84. The Morgan fingerprint density at radius 3 is 2.56 bits per heavy atom. The number of rotatable bonds is 2. The van der Waals surface area contributed by atoms with Crippen LogP contribution in [0.3, 0.4) is 0 Å². The van der Waals surface area contributed by atoms with Crippen molar-refractivity contribution >= 4 is 19.3 Å². The molecule has 0 atom stereocenters. The predicted molar refractivity (Wildman–Crippen MR) is 64.4 cm³/mol. The molecular formula is C12H9BN2O. The van der Waals surface area contributed by atoms with Gasteiger partial charge in [-0.15, -0.1) is 0 Å². The quantitative estimate of drug-likeness (QED) is 0.770. The van der Waals surface area contributed by atoms with Crippen LogP contribution in [-0.4, -0.2) is 18.6 Å². The van der Waals surface area contributed by atoms with Crippen molar-refractivity contribution in [2.24, 2.45) is 0 Å². The molecule has 1 amide bonds. The minimum atomic E-state index is -0.592. The van der Waals surface area contributed by atoms with Gasteiger partial charge in [0.05, 0.1) is 11.4 Å². The minimum absolute atomic E-state index is 0.592. The van der Waals surface area contributed by atoms with Crippen molar-refractivity contribution in [3.8, 4) is 11.3 Å². The number of hydrogen-bond acceptors (Lipinski definition) is 2. The molecule has 2 aromatic rings. The van der Waals surface area contributed by atoms with Crippen molar-refractivity contribution < 1.29 is 4.79 Å². The Hall–Kier alpha value is -2.10. The summed E-state index contributed by atoms with van der Waals surface area (Å²) in [6.45, 7) is 0. The molecule has 1 aromatic heterocycles. The van der Waals surface area contributed by atoms with Crippen LogP contribution in [0.15, 0.2) is 48.7 Å². The zero-order chi connectivity index (χ0) is 11.4. The van der Waals surface area contributed by atoms with E-state index in [1.54, 1.807) is 18.3 Å². The van der Waals surface area contributed by atoms with Crippen molar-refractivity contribution in [2.45, 2.75) is 0 Å². The summed E-state index contributed by atoms with van der Waals surface area (Å²) in [5.74, 6) is -0.592. The fourth-order valence-corrected chi connectivity index (χ4v) is 1.46. The number of nitrogens with zero attached hydrogens (tertiary/aromatic N) is 1. The molecule has 1 heterocycles. The third kappa shape index (κ3) is 2.28.